The largest absolute Gasteiger partial charge is 0.374 e. The van der Waals surface area contributed by atoms with Crippen LogP contribution in [0.25, 0.3) is 0 Å². The Morgan fingerprint density at radius 3 is 3.05 bits per heavy atom. The van der Waals surface area contributed by atoms with Crippen molar-refractivity contribution in [2.24, 2.45) is 0 Å². The summed E-state index contributed by atoms with van der Waals surface area (Å²) in [6.07, 6.45) is 1.68. The number of amides is 1. The molecule has 0 fully saturated rings. The van der Waals surface area contributed by atoms with E-state index in [4.69, 9.17) is 0 Å². The van der Waals surface area contributed by atoms with E-state index in [0.29, 0.717) is 13.0 Å². The summed E-state index contributed by atoms with van der Waals surface area (Å²) in [6.45, 7) is 5.31. The number of carbonyl (C=O) groups is 1. The smallest absolute Gasteiger partial charge is 0.221 e. The van der Waals surface area contributed by atoms with Crippen molar-refractivity contribution in [1.29, 1.82) is 0 Å². The van der Waals surface area contributed by atoms with Gasteiger partial charge in [-0.05, 0) is 30.5 Å². The molecule has 0 unspecified atom stereocenters. The van der Waals surface area contributed by atoms with E-state index in [2.05, 4.69) is 40.8 Å². The van der Waals surface area contributed by atoms with Crippen molar-refractivity contribution in [3.63, 3.8) is 0 Å². The molecule has 0 radical (unpaired) electrons. The number of hydrogen-bond acceptors (Lipinski definition) is 3. The van der Waals surface area contributed by atoms with Gasteiger partial charge in [0.15, 0.2) is 0 Å². The molecule has 1 aromatic rings. The van der Waals surface area contributed by atoms with Crippen molar-refractivity contribution >= 4 is 11.6 Å². The quantitative estimate of drug-likeness (QED) is 0.759. The molecule has 1 aliphatic rings. The average molecular weight is 261 g/mol. The van der Waals surface area contributed by atoms with Crippen LogP contribution in [0.3, 0.4) is 0 Å². The highest BCUT2D eigenvalue weighted by atomic mass is 16.1. The Morgan fingerprint density at radius 1 is 1.42 bits per heavy atom. The van der Waals surface area contributed by atoms with Crippen LogP contribution in [0, 0.1) is 0 Å². The molecule has 0 aromatic heterocycles. The second kappa shape index (κ2) is 6.57. The van der Waals surface area contributed by atoms with Crippen molar-refractivity contribution in [3.05, 3.63) is 29.3 Å². The number of hydrogen-bond donors (Lipinski definition) is 2. The molecule has 2 N–H and O–H groups in total. The maximum atomic E-state index is 11.3. The lowest BCUT2D eigenvalue weighted by Gasteiger charge is -2.12. The Morgan fingerprint density at radius 2 is 2.26 bits per heavy atom. The van der Waals surface area contributed by atoms with Gasteiger partial charge in [-0.1, -0.05) is 12.1 Å². The zero-order valence-electron chi connectivity index (χ0n) is 11.8. The molecule has 4 heteroatoms. The minimum Gasteiger partial charge on any atom is -0.374 e. The molecular weight excluding hydrogens is 238 g/mol. The minimum absolute atomic E-state index is 0.116. The Labute approximate surface area is 115 Å². The predicted octanol–water partition coefficient (Wildman–Crippen LogP) is 1.29. The van der Waals surface area contributed by atoms with Crippen LogP contribution in [-0.2, 0) is 17.8 Å². The second-order valence-corrected chi connectivity index (χ2v) is 5.01. The van der Waals surface area contributed by atoms with Gasteiger partial charge in [-0.25, -0.2) is 0 Å². The summed E-state index contributed by atoms with van der Waals surface area (Å²) in [5, 5.41) is 6.12. The van der Waals surface area contributed by atoms with Crippen molar-refractivity contribution in [1.82, 2.24) is 10.6 Å². The summed E-state index contributed by atoms with van der Waals surface area (Å²) in [7, 11) is 2.14. The molecule has 1 aliphatic heterocycles. The zero-order valence-corrected chi connectivity index (χ0v) is 11.8. The molecule has 0 aliphatic carbocycles. The van der Waals surface area contributed by atoms with Crippen LogP contribution in [-0.4, -0.2) is 32.6 Å². The van der Waals surface area contributed by atoms with Crippen LogP contribution < -0.4 is 15.5 Å². The lowest BCUT2D eigenvalue weighted by molar-refractivity contribution is -0.120. The Kier molecular flexibility index (Phi) is 4.80. The van der Waals surface area contributed by atoms with Gasteiger partial charge in [-0.3, -0.25) is 4.79 Å². The standard InChI is InChI=1S/C15H23N3O/c1-3-17-15(19)6-8-16-11-12-4-5-14-13(10-12)7-9-18(14)2/h4-5,10,16H,3,6-9,11H2,1-2H3,(H,17,19). The van der Waals surface area contributed by atoms with Crippen LogP contribution in [0.4, 0.5) is 5.69 Å². The Hall–Kier alpha value is -1.55. The van der Waals surface area contributed by atoms with Crippen LogP contribution in [0.5, 0.6) is 0 Å². The molecule has 0 spiro atoms. The van der Waals surface area contributed by atoms with Crippen molar-refractivity contribution in [2.45, 2.75) is 26.3 Å². The maximum absolute atomic E-state index is 11.3. The number of carbonyl (C=O) groups excluding carboxylic acids is 1. The van der Waals surface area contributed by atoms with E-state index in [1.807, 2.05) is 6.92 Å². The molecule has 1 aromatic carbocycles. The van der Waals surface area contributed by atoms with Crippen LogP contribution >= 0.6 is 0 Å². The highest BCUT2D eigenvalue weighted by Gasteiger charge is 2.15. The molecule has 4 nitrogen and oxygen atoms in total. The molecular formula is C15H23N3O. The SMILES string of the molecule is CCNC(=O)CCNCc1ccc2c(c1)CCN2C. The van der Waals surface area contributed by atoms with Gasteiger partial charge in [0.25, 0.3) is 0 Å². The first-order valence-corrected chi connectivity index (χ1v) is 7.01. The molecule has 104 valence electrons. The van der Waals surface area contributed by atoms with Crippen LogP contribution in [0.1, 0.15) is 24.5 Å². The summed E-state index contributed by atoms with van der Waals surface area (Å²) in [5.41, 5.74) is 4.08. The average Bonchev–Trinajstić information content (AvgIpc) is 2.76. The third-order valence-electron chi connectivity index (χ3n) is 3.50. The Bertz CT molecular complexity index is 445. The van der Waals surface area contributed by atoms with Crippen molar-refractivity contribution in [3.8, 4) is 0 Å². The molecule has 1 heterocycles. The van der Waals surface area contributed by atoms with Gasteiger partial charge in [0, 0.05) is 45.3 Å². The van der Waals surface area contributed by atoms with Gasteiger partial charge in [-0.15, -0.1) is 0 Å². The van der Waals surface area contributed by atoms with Gasteiger partial charge < -0.3 is 15.5 Å². The lowest BCUT2D eigenvalue weighted by Crippen LogP contribution is -2.27. The van der Waals surface area contributed by atoms with E-state index in [1.165, 1.54) is 16.8 Å². The zero-order chi connectivity index (χ0) is 13.7. The highest BCUT2D eigenvalue weighted by Crippen LogP contribution is 2.27. The summed E-state index contributed by atoms with van der Waals surface area (Å²) in [4.78, 5) is 13.6. The molecule has 0 atom stereocenters. The number of likely N-dealkylation sites (N-methyl/N-ethyl adjacent to an activating group) is 1. The summed E-state index contributed by atoms with van der Waals surface area (Å²) in [5.74, 6) is 0.116. The number of nitrogens with zero attached hydrogens (tertiary/aromatic N) is 1. The fraction of sp³-hybridized carbons (Fsp3) is 0.533. The van der Waals surface area contributed by atoms with Crippen LogP contribution in [0.2, 0.25) is 0 Å². The minimum atomic E-state index is 0.116. The van der Waals surface area contributed by atoms with E-state index >= 15 is 0 Å². The fourth-order valence-corrected chi connectivity index (χ4v) is 2.45. The van der Waals surface area contributed by atoms with Crippen LogP contribution in [0.15, 0.2) is 18.2 Å². The summed E-state index contributed by atoms with van der Waals surface area (Å²) in [6, 6.07) is 6.64. The number of nitrogens with one attached hydrogen (secondary N) is 2. The van der Waals surface area contributed by atoms with E-state index in [9.17, 15) is 4.79 Å². The third-order valence-corrected chi connectivity index (χ3v) is 3.50. The van der Waals surface area contributed by atoms with E-state index in [1.54, 1.807) is 0 Å². The first-order chi connectivity index (χ1) is 9.20. The first kappa shape index (κ1) is 13.9. The fourth-order valence-electron chi connectivity index (χ4n) is 2.45. The van der Waals surface area contributed by atoms with E-state index < -0.39 is 0 Å². The highest BCUT2D eigenvalue weighted by molar-refractivity contribution is 5.75. The topological polar surface area (TPSA) is 44.4 Å². The predicted molar refractivity (Wildman–Crippen MR) is 78.4 cm³/mol. The molecule has 19 heavy (non-hydrogen) atoms. The van der Waals surface area contributed by atoms with Crippen molar-refractivity contribution in [2.75, 3.05) is 31.6 Å². The molecule has 0 saturated carbocycles. The first-order valence-electron chi connectivity index (χ1n) is 7.01. The lowest BCUT2D eigenvalue weighted by atomic mass is 10.1. The number of fused-ring (bicyclic) bond motifs is 1. The second-order valence-electron chi connectivity index (χ2n) is 5.01. The summed E-state index contributed by atoms with van der Waals surface area (Å²) >= 11 is 0. The maximum Gasteiger partial charge on any atom is 0.221 e. The molecule has 2 rings (SSSR count). The van der Waals surface area contributed by atoms with Gasteiger partial charge in [0.1, 0.15) is 0 Å². The normalized spacial score (nSPS) is 13.5. The number of rotatable bonds is 6. The van der Waals surface area contributed by atoms with E-state index in [-0.39, 0.29) is 5.91 Å². The summed E-state index contributed by atoms with van der Waals surface area (Å²) < 4.78 is 0. The Balaban J connectivity index is 1.76. The third kappa shape index (κ3) is 3.70. The number of benzene rings is 1. The van der Waals surface area contributed by atoms with Gasteiger partial charge in [-0.2, -0.15) is 0 Å². The molecule has 0 bridgehead atoms. The van der Waals surface area contributed by atoms with Gasteiger partial charge >= 0.3 is 0 Å². The molecule has 1 amide bonds. The van der Waals surface area contributed by atoms with Crippen molar-refractivity contribution < 1.29 is 4.79 Å². The van der Waals surface area contributed by atoms with Gasteiger partial charge in [0.05, 0.1) is 0 Å². The molecule has 0 saturated heterocycles. The monoisotopic (exact) mass is 261 g/mol. The van der Waals surface area contributed by atoms with E-state index in [0.717, 1.165) is 26.1 Å². The van der Waals surface area contributed by atoms with Gasteiger partial charge in [0.2, 0.25) is 5.91 Å². The number of anilines is 1.